The molecule has 0 saturated carbocycles. The molecule has 0 saturated heterocycles. The van der Waals surface area contributed by atoms with Crippen LogP contribution in [0.15, 0.2) is 77.2 Å². The standard InChI is InChI=1S/C22H20N2O3S/c1-17-7-9-19(10-8-17)15-24-13-14-28-22(24)23-20(25)16-27-21(26)12-11-18-5-3-2-4-6-18/h2-14H,15-16H2,1H3/b12-11+,23-22?. The zero-order valence-corrected chi connectivity index (χ0v) is 16.3. The van der Waals surface area contributed by atoms with Gasteiger partial charge in [-0.05, 0) is 24.1 Å². The number of amides is 1. The molecule has 0 spiro atoms. The van der Waals surface area contributed by atoms with Gasteiger partial charge >= 0.3 is 5.97 Å². The van der Waals surface area contributed by atoms with Gasteiger partial charge in [-0.25, -0.2) is 4.79 Å². The number of esters is 1. The lowest BCUT2D eigenvalue weighted by Crippen LogP contribution is -2.19. The summed E-state index contributed by atoms with van der Waals surface area (Å²) in [6.07, 6.45) is 4.81. The van der Waals surface area contributed by atoms with E-state index in [2.05, 4.69) is 4.99 Å². The van der Waals surface area contributed by atoms with E-state index in [1.54, 1.807) is 6.08 Å². The number of aryl methyl sites for hydroxylation is 1. The smallest absolute Gasteiger partial charge is 0.331 e. The molecule has 3 aromatic rings. The third kappa shape index (κ3) is 5.89. The van der Waals surface area contributed by atoms with Crippen LogP contribution in [0.1, 0.15) is 16.7 Å². The monoisotopic (exact) mass is 392 g/mol. The lowest BCUT2D eigenvalue weighted by atomic mass is 10.1. The molecular weight excluding hydrogens is 372 g/mol. The van der Waals surface area contributed by atoms with Crippen LogP contribution in [0.2, 0.25) is 0 Å². The average molecular weight is 392 g/mol. The van der Waals surface area contributed by atoms with E-state index in [1.165, 1.54) is 23.0 Å². The fraction of sp³-hybridized carbons (Fsp3) is 0.136. The first kappa shape index (κ1) is 19.5. The first-order chi connectivity index (χ1) is 13.6. The van der Waals surface area contributed by atoms with Crippen LogP contribution in [0, 0.1) is 6.92 Å². The van der Waals surface area contributed by atoms with E-state index in [9.17, 15) is 9.59 Å². The summed E-state index contributed by atoms with van der Waals surface area (Å²) in [7, 11) is 0. The van der Waals surface area contributed by atoms with Crippen LogP contribution < -0.4 is 4.80 Å². The van der Waals surface area contributed by atoms with E-state index in [0.717, 1.165) is 11.1 Å². The van der Waals surface area contributed by atoms with Gasteiger partial charge in [-0.1, -0.05) is 60.2 Å². The molecule has 1 amide bonds. The van der Waals surface area contributed by atoms with Gasteiger partial charge in [-0.15, -0.1) is 11.3 Å². The molecule has 6 heteroatoms. The Labute approximate surface area is 167 Å². The van der Waals surface area contributed by atoms with Crippen molar-refractivity contribution >= 4 is 29.3 Å². The van der Waals surface area contributed by atoms with E-state index in [0.29, 0.717) is 11.3 Å². The maximum absolute atomic E-state index is 12.1. The number of rotatable bonds is 6. The molecule has 2 aromatic carbocycles. The molecule has 0 radical (unpaired) electrons. The number of aromatic nitrogens is 1. The highest BCUT2D eigenvalue weighted by Gasteiger charge is 2.05. The molecule has 28 heavy (non-hydrogen) atoms. The van der Waals surface area contributed by atoms with Crippen molar-refractivity contribution in [2.75, 3.05) is 6.61 Å². The molecule has 5 nitrogen and oxygen atoms in total. The topological polar surface area (TPSA) is 60.7 Å². The van der Waals surface area contributed by atoms with E-state index in [-0.39, 0.29) is 6.61 Å². The van der Waals surface area contributed by atoms with Crippen LogP contribution in [0.25, 0.3) is 6.08 Å². The Balaban J connectivity index is 1.57. The molecular formula is C22H20N2O3S. The second-order valence-corrected chi connectivity index (χ2v) is 7.03. The van der Waals surface area contributed by atoms with Crippen molar-refractivity contribution in [3.63, 3.8) is 0 Å². The highest BCUT2D eigenvalue weighted by atomic mass is 32.1. The van der Waals surface area contributed by atoms with Gasteiger partial charge in [0.2, 0.25) is 0 Å². The minimum absolute atomic E-state index is 0.388. The van der Waals surface area contributed by atoms with Gasteiger partial charge < -0.3 is 9.30 Å². The quantitative estimate of drug-likeness (QED) is 0.476. The number of hydrogen-bond donors (Lipinski definition) is 0. The summed E-state index contributed by atoms with van der Waals surface area (Å²) in [6.45, 7) is 2.27. The van der Waals surface area contributed by atoms with Gasteiger partial charge in [0, 0.05) is 24.2 Å². The molecule has 142 valence electrons. The molecule has 0 aliphatic heterocycles. The maximum Gasteiger partial charge on any atom is 0.331 e. The number of thiazole rings is 1. The summed E-state index contributed by atoms with van der Waals surface area (Å²) in [5.41, 5.74) is 3.20. The maximum atomic E-state index is 12.1. The van der Waals surface area contributed by atoms with Gasteiger partial charge in [0.15, 0.2) is 11.4 Å². The molecule has 0 atom stereocenters. The molecule has 0 aliphatic carbocycles. The Hall–Kier alpha value is -3.25. The van der Waals surface area contributed by atoms with Crippen LogP contribution in [0.3, 0.4) is 0 Å². The Morgan fingerprint density at radius 2 is 1.86 bits per heavy atom. The zero-order valence-electron chi connectivity index (χ0n) is 15.4. The number of carbonyl (C=O) groups is 2. The number of benzene rings is 2. The Kier molecular flexibility index (Phi) is 6.70. The molecule has 0 bridgehead atoms. The Morgan fingerprint density at radius 1 is 1.11 bits per heavy atom. The SMILES string of the molecule is Cc1ccc(Cn2ccsc2=NC(=O)COC(=O)/C=C/c2ccccc2)cc1. The summed E-state index contributed by atoms with van der Waals surface area (Å²) in [5, 5.41) is 1.87. The van der Waals surface area contributed by atoms with Crippen molar-refractivity contribution in [3.05, 3.63) is 93.7 Å². The van der Waals surface area contributed by atoms with Gasteiger partial charge in [0.05, 0.1) is 0 Å². The number of hydrogen-bond acceptors (Lipinski definition) is 4. The van der Waals surface area contributed by atoms with Gasteiger partial charge in [0.25, 0.3) is 5.91 Å². The van der Waals surface area contributed by atoms with Gasteiger partial charge in [0.1, 0.15) is 0 Å². The van der Waals surface area contributed by atoms with Crippen molar-refractivity contribution in [1.29, 1.82) is 0 Å². The number of nitrogens with zero attached hydrogens (tertiary/aromatic N) is 2. The third-order valence-corrected chi connectivity index (χ3v) is 4.70. The first-order valence-corrected chi connectivity index (χ1v) is 9.65. The Bertz CT molecular complexity index is 1030. The molecule has 3 rings (SSSR count). The van der Waals surface area contributed by atoms with Gasteiger partial charge in [-0.2, -0.15) is 4.99 Å². The lowest BCUT2D eigenvalue weighted by molar-refractivity contribution is -0.142. The van der Waals surface area contributed by atoms with Crippen LogP contribution in [-0.2, 0) is 20.9 Å². The van der Waals surface area contributed by atoms with Crippen molar-refractivity contribution in [2.45, 2.75) is 13.5 Å². The van der Waals surface area contributed by atoms with E-state index < -0.39 is 11.9 Å². The van der Waals surface area contributed by atoms with E-state index in [1.807, 2.05) is 77.7 Å². The number of carbonyl (C=O) groups excluding carboxylic acids is 2. The normalized spacial score (nSPS) is 11.7. The molecule has 1 aromatic heterocycles. The second-order valence-electron chi connectivity index (χ2n) is 6.16. The fourth-order valence-corrected chi connectivity index (χ4v) is 3.19. The molecule has 1 heterocycles. The predicted octanol–water partition coefficient (Wildman–Crippen LogP) is 3.59. The third-order valence-electron chi connectivity index (χ3n) is 3.90. The number of ether oxygens (including phenoxy) is 1. The highest BCUT2D eigenvalue weighted by molar-refractivity contribution is 7.07. The molecule has 0 fully saturated rings. The van der Waals surface area contributed by atoms with Gasteiger partial charge in [-0.3, -0.25) is 4.79 Å². The molecule has 0 aliphatic rings. The first-order valence-electron chi connectivity index (χ1n) is 8.77. The zero-order chi connectivity index (χ0) is 19.8. The van der Waals surface area contributed by atoms with Crippen LogP contribution in [0.4, 0.5) is 0 Å². The summed E-state index contributed by atoms with van der Waals surface area (Å²) >= 11 is 1.36. The minimum atomic E-state index is -0.578. The summed E-state index contributed by atoms with van der Waals surface area (Å²) in [6, 6.07) is 17.6. The van der Waals surface area contributed by atoms with Crippen molar-refractivity contribution < 1.29 is 14.3 Å². The van der Waals surface area contributed by atoms with Crippen LogP contribution in [-0.4, -0.2) is 23.1 Å². The highest BCUT2D eigenvalue weighted by Crippen LogP contribution is 2.05. The molecule has 0 N–H and O–H groups in total. The van der Waals surface area contributed by atoms with Crippen molar-refractivity contribution in [2.24, 2.45) is 4.99 Å². The minimum Gasteiger partial charge on any atom is -0.452 e. The summed E-state index contributed by atoms with van der Waals surface area (Å²) in [5.74, 6) is -1.08. The lowest BCUT2D eigenvalue weighted by Gasteiger charge is -2.04. The van der Waals surface area contributed by atoms with Crippen molar-refractivity contribution in [1.82, 2.24) is 4.57 Å². The largest absolute Gasteiger partial charge is 0.452 e. The average Bonchev–Trinajstić information content (AvgIpc) is 3.14. The second kappa shape index (κ2) is 9.62. The summed E-state index contributed by atoms with van der Waals surface area (Å²) < 4.78 is 6.87. The van der Waals surface area contributed by atoms with Crippen LogP contribution in [0.5, 0.6) is 0 Å². The summed E-state index contributed by atoms with van der Waals surface area (Å²) in [4.78, 5) is 28.5. The fourth-order valence-electron chi connectivity index (χ4n) is 2.45. The molecule has 0 unspecified atom stereocenters. The Morgan fingerprint density at radius 3 is 2.61 bits per heavy atom. The van der Waals surface area contributed by atoms with Crippen molar-refractivity contribution in [3.8, 4) is 0 Å². The predicted molar refractivity (Wildman–Crippen MR) is 110 cm³/mol. The van der Waals surface area contributed by atoms with Crippen LogP contribution >= 0.6 is 11.3 Å². The van der Waals surface area contributed by atoms with E-state index >= 15 is 0 Å². The van der Waals surface area contributed by atoms with E-state index in [4.69, 9.17) is 4.74 Å².